The second-order valence-electron chi connectivity index (χ2n) is 5.13. The minimum atomic E-state index is 0.399. The monoisotopic (exact) mass is 225 g/mol. The molecule has 0 aromatic carbocycles. The highest BCUT2D eigenvalue weighted by Gasteiger charge is 2.20. The molecule has 0 aromatic rings. The highest BCUT2D eigenvalue weighted by atomic mass is 16.1. The highest BCUT2D eigenvalue weighted by Crippen LogP contribution is 2.27. The number of nitrogens with one attached hydrogen (secondary N) is 1. The van der Waals surface area contributed by atoms with Gasteiger partial charge in [-0.2, -0.15) is 0 Å². The maximum atomic E-state index is 11.5. The molecule has 2 heteroatoms. The van der Waals surface area contributed by atoms with Crippen molar-refractivity contribution in [3.8, 4) is 0 Å². The van der Waals surface area contributed by atoms with E-state index in [4.69, 9.17) is 0 Å². The molecule has 1 aliphatic rings. The lowest BCUT2D eigenvalue weighted by molar-refractivity contribution is -0.118. The van der Waals surface area contributed by atoms with Crippen LogP contribution in [0.25, 0.3) is 0 Å². The molecule has 1 rings (SSSR count). The zero-order valence-corrected chi connectivity index (χ0v) is 10.8. The molecule has 94 valence electrons. The number of unbranched alkanes of at least 4 members (excludes halogenated alkanes) is 5. The zero-order valence-electron chi connectivity index (χ0n) is 10.8. The van der Waals surface area contributed by atoms with Crippen LogP contribution in [-0.2, 0) is 4.79 Å². The van der Waals surface area contributed by atoms with Crippen molar-refractivity contribution in [1.29, 1.82) is 0 Å². The van der Waals surface area contributed by atoms with E-state index >= 15 is 0 Å². The van der Waals surface area contributed by atoms with E-state index in [1.54, 1.807) is 0 Å². The molecule has 0 heterocycles. The summed E-state index contributed by atoms with van der Waals surface area (Å²) >= 11 is 0. The van der Waals surface area contributed by atoms with Crippen LogP contribution in [0.1, 0.15) is 64.7 Å². The van der Waals surface area contributed by atoms with Gasteiger partial charge in [0.25, 0.3) is 0 Å². The van der Waals surface area contributed by atoms with Crippen molar-refractivity contribution in [2.75, 3.05) is 13.1 Å². The lowest BCUT2D eigenvalue weighted by Gasteiger charge is -2.03. The second kappa shape index (κ2) is 8.74. The summed E-state index contributed by atoms with van der Waals surface area (Å²) in [5.41, 5.74) is 0. The van der Waals surface area contributed by atoms with Crippen molar-refractivity contribution in [2.24, 2.45) is 5.92 Å². The lowest BCUT2D eigenvalue weighted by atomic mass is 10.1. The van der Waals surface area contributed by atoms with Gasteiger partial charge >= 0.3 is 0 Å². The van der Waals surface area contributed by atoms with E-state index in [0.29, 0.717) is 12.3 Å². The molecule has 0 saturated heterocycles. The first-order valence-electron chi connectivity index (χ1n) is 7.05. The van der Waals surface area contributed by atoms with E-state index in [9.17, 15) is 4.79 Å². The SMILES string of the molecule is CCCCCCCCC(=O)CNCC1CC1. The zero-order chi connectivity index (χ0) is 11.6. The highest BCUT2D eigenvalue weighted by molar-refractivity contribution is 5.80. The van der Waals surface area contributed by atoms with E-state index in [0.717, 1.165) is 25.3 Å². The summed E-state index contributed by atoms with van der Waals surface area (Å²) in [6.45, 7) is 3.89. The Morgan fingerprint density at radius 1 is 1.12 bits per heavy atom. The molecule has 0 spiro atoms. The van der Waals surface area contributed by atoms with Crippen molar-refractivity contribution in [3.63, 3.8) is 0 Å². The summed E-state index contributed by atoms with van der Waals surface area (Å²) in [5.74, 6) is 1.28. The fraction of sp³-hybridized carbons (Fsp3) is 0.929. The molecule has 16 heavy (non-hydrogen) atoms. The first kappa shape index (κ1) is 13.7. The summed E-state index contributed by atoms with van der Waals surface area (Å²) in [4.78, 5) is 11.5. The van der Waals surface area contributed by atoms with Crippen molar-refractivity contribution >= 4 is 5.78 Å². The van der Waals surface area contributed by atoms with E-state index in [-0.39, 0.29) is 0 Å². The van der Waals surface area contributed by atoms with E-state index in [1.807, 2.05) is 0 Å². The van der Waals surface area contributed by atoms with Gasteiger partial charge in [0, 0.05) is 6.42 Å². The van der Waals surface area contributed by atoms with Gasteiger partial charge in [-0.1, -0.05) is 39.0 Å². The Morgan fingerprint density at radius 3 is 2.50 bits per heavy atom. The van der Waals surface area contributed by atoms with Crippen LogP contribution in [-0.4, -0.2) is 18.9 Å². The molecule has 0 unspecified atom stereocenters. The summed E-state index contributed by atoms with van der Waals surface area (Å²) in [6, 6.07) is 0. The third-order valence-corrected chi connectivity index (χ3v) is 3.26. The number of carbonyl (C=O) groups is 1. The van der Waals surface area contributed by atoms with Gasteiger partial charge in [0.15, 0.2) is 0 Å². The van der Waals surface area contributed by atoms with Gasteiger partial charge in [-0.3, -0.25) is 4.79 Å². The average molecular weight is 225 g/mol. The first-order chi connectivity index (χ1) is 7.83. The molecule has 0 atom stereocenters. The third-order valence-electron chi connectivity index (χ3n) is 3.26. The number of carbonyl (C=O) groups excluding carboxylic acids is 1. The van der Waals surface area contributed by atoms with Gasteiger partial charge in [-0.25, -0.2) is 0 Å². The summed E-state index contributed by atoms with van der Waals surface area (Å²) in [6.07, 6.45) is 11.1. The Labute approximate surface area is 100 Å². The molecule has 0 aromatic heterocycles. The molecule has 1 fully saturated rings. The predicted molar refractivity (Wildman–Crippen MR) is 68.6 cm³/mol. The molecule has 0 aliphatic heterocycles. The van der Waals surface area contributed by atoms with Gasteiger partial charge in [-0.05, 0) is 31.7 Å². The average Bonchev–Trinajstić information content (AvgIpc) is 3.07. The fourth-order valence-corrected chi connectivity index (χ4v) is 1.93. The van der Waals surface area contributed by atoms with E-state index in [2.05, 4.69) is 12.2 Å². The molecule has 0 bridgehead atoms. The van der Waals surface area contributed by atoms with Gasteiger partial charge in [0.2, 0.25) is 0 Å². The number of hydrogen-bond acceptors (Lipinski definition) is 2. The van der Waals surface area contributed by atoms with Crippen LogP contribution in [0, 0.1) is 5.92 Å². The van der Waals surface area contributed by atoms with Crippen molar-refractivity contribution in [3.05, 3.63) is 0 Å². The van der Waals surface area contributed by atoms with Crippen molar-refractivity contribution in [2.45, 2.75) is 64.7 Å². The van der Waals surface area contributed by atoms with Crippen LogP contribution in [0.5, 0.6) is 0 Å². The Balaban J connectivity index is 1.78. The van der Waals surface area contributed by atoms with Gasteiger partial charge in [0.1, 0.15) is 5.78 Å². The maximum absolute atomic E-state index is 11.5. The molecular weight excluding hydrogens is 198 g/mol. The number of Topliss-reactive ketones (excluding diaryl/α,β-unsaturated/α-hetero) is 1. The predicted octanol–water partition coefficient (Wildman–Crippen LogP) is 3.31. The van der Waals surface area contributed by atoms with Crippen molar-refractivity contribution < 1.29 is 4.79 Å². The van der Waals surface area contributed by atoms with Crippen LogP contribution >= 0.6 is 0 Å². The van der Waals surface area contributed by atoms with Gasteiger partial charge in [-0.15, -0.1) is 0 Å². The quantitative estimate of drug-likeness (QED) is 0.547. The van der Waals surface area contributed by atoms with Gasteiger partial charge < -0.3 is 5.32 Å². The normalized spacial score (nSPS) is 15.3. The molecular formula is C14H27NO. The summed E-state index contributed by atoms with van der Waals surface area (Å²) in [7, 11) is 0. The Bertz CT molecular complexity index is 187. The molecule has 2 nitrogen and oxygen atoms in total. The smallest absolute Gasteiger partial charge is 0.146 e. The van der Waals surface area contributed by atoms with Crippen LogP contribution in [0.3, 0.4) is 0 Å². The summed E-state index contributed by atoms with van der Waals surface area (Å²) < 4.78 is 0. The van der Waals surface area contributed by atoms with Gasteiger partial charge in [0.05, 0.1) is 6.54 Å². The maximum Gasteiger partial charge on any atom is 0.146 e. The minimum Gasteiger partial charge on any atom is -0.310 e. The molecule has 1 aliphatic carbocycles. The fourth-order valence-electron chi connectivity index (χ4n) is 1.93. The number of ketones is 1. The molecule has 0 radical (unpaired) electrons. The topological polar surface area (TPSA) is 29.1 Å². The molecule has 1 saturated carbocycles. The number of hydrogen-bond donors (Lipinski definition) is 1. The number of rotatable bonds is 11. The van der Waals surface area contributed by atoms with Crippen molar-refractivity contribution in [1.82, 2.24) is 5.32 Å². The van der Waals surface area contributed by atoms with Crippen LogP contribution < -0.4 is 5.32 Å². The standard InChI is InChI=1S/C14H27NO/c1-2-3-4-5-6-7-8-14(16)12-15-11-13-9-10-13/h13,15H,2-12H2,1H3. The van der Waals surface area contributed by atoms with E-state index in [1.165, 1.54) is 44.9 Å². The van der Waals surface area contributed by atoms with Crippen LogP contribution in [0.4, 0.5) is 0 Å². The second-order valence-corrected chi connectivity index (χ2v) is 5.13. The molecule has 1 N–H and O–H groups in total. The van der Waals surface area contributed by atoms with Crippen LogP contribution in [0.2, 0.25) is 0 Å². The lowest BCUT2D eigenvalue weighted by Crippen LogP contribution is -2.24. The minimum absolute atomic E-state index is 0.399. The molecule has 0 amide bonds. The summed E-state index contributed by atoms with van der Waals surface area (Å²) in [5, 5.41) is 3.26. The Hall–Kier alpha value is -0.370. The van der Waals surface area contributed by atoms with Crippen LogP contribution in [0.15, 0.2) is 0 Å². The third kappa shape index (κ3) is 7.86. The Morgan fingerprint density at radius 2 is 1.81 bits per heavy atom. The Kier molecular flexibility index (Phi) is 7.48. The van der Waals surface area contributed by atoms with E-state index < -0.39 is 0 Å². The first-order valence-corrected chi connectivity index (χ1v) is 7.05. The largest absolute Gasteiger partial charge is 0.310 e.